The number of carbonyl (C=O) groups excluding carboxylic acids is 1. The Bertz CT molecular complexity index is 523. The molecular formula is C13H17N3O. The van der Waals surface area contributed by atoms with Crippen LogP contribution in [-0.2, 0) is 4.79 Å². The van der Waals surface area contributed by atoms with Crippen LogP contribution in [0.3, 0.4) is 0 Å². The van der Waals surface area contributed by atoms with Gasteiger partial charge in [0, 0.05) is 18.0 Å². The molecule has 2 aromatic heterocycles. The minimum absolute atomic E-state index is 0.130. The second-order valence-corrected chi connectivity index (χ2v) is 3.38. The summed E-state index contributed by atoms with van der Waals surface area (Å²) >= 11 is 0. The number of hydrogen-bond acceptors (Lipinski definition) is 3. The van der Waals surface area contributed by atoms with E-state index < -0.39 is 0 Å². The maximum Gasteiger partial charge on any atom is 0.222 e. The van der Waals surface area contributed by atoms with E-state index in [1.54, 1.807) is 6.07 Å². The lowest BCUT2D eigenvalue weighted by atomic mass is 10.2. The van der Waals surface area contributed by atoms with Crippen molar-refractivity contribution in [1.82, 2.24) is 9.97 Å². The van der Waals surface area contributed by atoms with Gasteiger partial charge >= 0.3 is 0 Å². The predicted octanol–water partition coefficient (Wildman–Crippen LogP) is 2.92. The van der Waals surface area contributed by atoms with Crippen LogP contribution in [0.4, 0.5) is 5.82 Å². The van der Waals surface area contributed by atoms with Crippen LogP contribution in [0.25, 0.3) is 11.0 Å². The van der Waals surface area contributed by atoms with Gasteiger partial charge in [0.2, 0.25) is 5.91 Å². The number of aromatic nitrogens is 2. The van der Waals surface area contributed by atoms with E-state index in [1.807, 2.05) is 39.0 Å². The lowest BCUT2D eigenvalue weighted by Gasteiger charge is -2.02. The van der Waals surface area contributed by atoms with Gasteiger partial charge in [-0.15, -0.1) is 0 Å². The average molecular weight is 231 g/mol. The molecule has 4 nitrogen and oxygen atoms in total. The Morgan fingerprint density at radius 2 is 1.76 bits per heavy atom. The molecule has 0 aliphatic carbocycles. The topological polar surface area (TPSA) is 54.9 Å². The van der Waals surface area contributed by atoms with Crippen LogP contribution in [-0.4, -0.2) is 15.9 Å². The summed E-state index contributed by atoms with van der Waals surface area (Å²) in [4.78, 5) is 19.4. The van der Waals surface area contributed by atoms with E-state index in [0.29, 0.717) is 11.5 Å². The fourth-order valence-electron chi connectivity index (χ4n) is 1.34. The van der Waals surface area contributed by atoms with Gasteiger partial charge in [-0.05, 0) is 31.2 Å². The molecule has 0 saturated heterocycles. The molecule has 0 bridgehead atoms. The summed E-state index contributed by atoms with van der Waals surface area (Å²) in [7, 11) is 0. The Balaban J connectivity index is 0.000000686. The van der Waals surface area contributed by atoms with Crippen molar-refractivity contribution in [1.29, 1.82) is 0 Å². The van der Waals surface area contributed by atoms with Crippen LogP contribution >= 0.6 is 0 Å². The number of amides is 1. The number of aryl methyl sites for hydroxylation is 1. The molecule has 0 unspecified atom stereocenters. The summed E-state index contributed by atoms with van der Waals surface area (Å²) in [6.45, 7) is 7.36. The molecule has 4 heteroatoms. The SMILES string of the molecule is CC.CC(=O)Nc1ccc2ccc(C)nc2n1. The monoisotopic (exact) mass is 231 g/mol. The molecule has 2 heterocycles. The van der Waals surface area contributed by atoms with Crippen LogP contribution in [0.15, 0.2) is 24.3 Å². The number of hydrogen-bond donors (Lipinski definition) is 1. The highest BCUT2D eigenvalue weighted by molar-refractivity contribution is 5.89. The number of pyridine rings is 2. The molecule has 0 radical (unpaired) electrons. The van der Waals surface area contributed by atoms with Gasteiger partial charge < -0.3 is 5.32 Å². The van der Waals surface area contributed by atoms with Gasteiger partial charge in [-0.3, -0.25) is 4.79 Å². The number of rotatable bonds is 1. The first-order valence-electron chi connectivity index (χ1n) is 5.67. The predicted molar refractivity (Wildman–Crippen MR) is 69.9 cm³/mol. The third-order valence-electron chi connectivity index (χ3n) is 2.00. The number of nitrogens with zero attached hydrogens (tertiary/aromatic N) is 2. The molecule has 2 rings (SSSR count). The molecule has 90 valence electrons. The highest BCUT2D eigenvalue weighted by Gasteiger charge is 2.00. The maximum absolute atomic E-state index is 10.8. The van der Waals surface area contributed by atoms with Crippen molar-refractivity contribution < 1.29 is 4.79 Å². The van der Waals surface area contributed by atoms with E-state index in [1.165, 1.54) is 6.92 Å². The van der Waals surface area contributed by atoms with Gasteiger partial charge in [0.25, 0.3) is 0 Å². The average Bonchev–Trinajstić information content (AvgIpc) is 2.30. The van der Waals surface area contributed by atoms with E-state index in [2.05, 4.69) is 15.3 Å². The summed E-state index contributed by atoms with van der Waals surface area (Å²) in [5, 5.41) is 3.59. The third-order valence-corrected chi connectivity index (χ3v) is 2.00. The molecule has 0 aromatic carbocycles. The molecule has 0 saturated carbocycles. The zero-order valence-electron chi connectivity index (χ0n) is 10.6. The van der Waals surface area contributed by atoms with Gasteiger partial charge in [-0.2, -0.15) is 0 Å². The number of anilines is 1. The number of fused-ring (bicyclic) bond motifs is 1. The Kier molecular flexibility index (Phi) is 4.57. The van der Waals surface area contributed by atoms with Crippen LogP contribution in [0.2, 0.25) is 0 Å². The van der Waals surface area contributed by atoms with Crippen LogP contribution in [0.1, 0.15) is 26.5 Å². The first-order valence-corrected chi connectivity index (χ1v) is 5.67. The molecule has 17 heavy (non-hydrogen) atoms. The van der Waals surface area contributed by atoms with E-state index in [4.69, 9.17) is 0 Å². The van der Waals surface area contributed by atoms with E-state index in [0.717, 1.165) is 11.1 Å². The molecule has 0 spiro atoms. The van der Waals surface area contributed by atoms with Gasteiger partial charge in [0.1, 0.15) is 5.82 Å². The second kappa shape index (κ2) is 5.94. The van der Waals surface area contributed by atoms with E-state index in [-0.39, 0.29) is 5.91 Å². The Hall–Kier alpha value is -1.97. The summed E-state index contributed by atoms with van der Waals surface area (Å²) in [6.07, 6.45) is 0. The van der Waals surface area contributed by atoms with Crippen molar-refractivity contribution in [3.63, 3.8) is 0 Å². The van der Waals surface area contributed by atoms with Crippen LogP contribution in [0, 0.1) is 6.92 Å². The zero-order chi connectivity index (χ0) is 12.8. The van der Waals surface area contributed by atoms with Crippen molar-refractivity contribution in [2.24, 2.45) is 0 Å². The van der Waals surface area contributed by atoms with Gasteiger partial charge in [-0.25, -0.2) is 9.97 Å². The molecule has 0 aliphatic rings. The normalized spacial score (nSPS) is 9.41. The molecule has 1 N–H and O–H groups in total. The first kappa shape index (κ1) is 13.1. The molecular weight excluding hydrogens is 214 g/mol. The first-order chi connectivity index (χ1) is 8.15. The van der Waals surface area contributed by atoms with Crippen LogP contribution in [0.5, 0.6) is 0 Å². The van der Waals surface area contributed by atoms with E-state index >= 15 is 0 Å². The molecule has 0 fully saturated rings. The Morgan fingerprint density at radius 3 is 2.41 bits per heavy atom. The number of nitrogens with one attached hydrogen (secondary N) is 1. The molecule has 0 atom stereocenters. The molecule has 0 aliphatic heterocycles. The van der Waals surface area contributed by atoms with Crippen LogP contribution < -0.4 is 5.32 Å². The fourth-order valence-corrected chi connectivity index (χ4v) is 1.34. The maximum atomic E-state index is 10.8. The summed E-state index contributed by atoms with van der Waals surface area (Å²) in [5.74, 6) is 0.405. The quantitative estimate of drug-likeness (QED) is 0.821. The van der Waals surface area contributed by atoms with Gasteiger partial charge in [-0.1, -0.05) is 13.8 Å². The number of carbonyl (C=O) groups is 1. The molecule has 1 amide bonds. The van der Waals surface area contributed by atoms with Crippen molar-refractivity contribution in [3.05, 3.63) is 30.0 Å². The van der Waals surface area contributed by atoms with Gasteiger partial charge in [0.15, 0.2) is 5.65 Å². The Morgan fingerprint density at radius 1 is 1.12 bits per heavy atom. The lowest BCUT2D eigenvalue weighted by Crippen LogP contribution is -2.07. The minimum Gasteiger partial charge on any atom is -0.311 e. The largest absolute Gasteiger partial charge is 0.311 e. The van der Waals surface area contributed by atoms with Gasteiger partial charge in [0.05, 0.1) is 0 Å². The van der Waals surface area contributed by atoms with Crippen molar-refractivity contribution >= 4 is 22.8 Å². The summed E-state index contributed by atoms with van der Waals surface area (Å²) < 4.78 is 0. The lowest BCUT2D eigenvalue weighted by molar-refractivity contribution is -0.114. The van der Waals surface area contributed by atoms with E-state index in [9.17, 15) is 4.79 Å². The summed E-state index contributed by atoms with van der Waals surface area (Å²) in [5.41, 5.74) is 1.57. The Labute approximate surface area is 101 Å². The highest BCUT2D eigenvalue weighted by Crippen LogP contribution is 2.13. The minimum atomic E-state index is -0.130. The van der Waals surface area contributed by atoms with Crippen molar-refractivity contribution in [2.75, 3.05) is 5.32 Å². The standard InChI is InChI=1S/C11H11N3O.C2H6/c1-7-3-4-9-5-6-10(13-8(2)15)14-11(9)12-7;1-2/h3-6H,1-2H3,(H,12,13,14,15);1-2H3. The second-order valence-electron chi connectivity index (χ2n) is 3.38. The third kappa shape index (κ3) is 3.52. The van der Waals surface area contributed by atoms with Crippen molar-refractivity contribution in [3.8, 4) is 0 Å². The smallest absolute Gasteiger partial charge is 0.222 e. The molecule has 2 aromatic rings. The highest BCUT2D eigenvalue weighted by atomic mass is 16.1. The zero-order valence-corrected chi connectivity index (χ0v) is 10.6. The van der Waals surface area contributed by atoms with Crippen molar-refractivity contribution in [2.45, 2.75) is 27.7 Å². The fraction of sp³-hybridized carbons (Fsp3) is 0.308. The summed E-state index contributed by atoms with van der Waals surface area (Å²) in [6, 6.07) is 7.55.